The van der Waals surface area contributed by atoms with Crippen LogP contribution in [0.1, 0.15) is 18.4 Å². The Balaban J connectivity index is 1.93. The van der Waals surface area contributed by atoms with Gasteiger partial charge in [0, 0.05) is 11.7 Å². The maximum atomic E-state index is 3.57. The Morgan fingerprint density at radius 3 is 2.85 bits per heavy atom. The van der Waals surface area contributed by atoms with E-state index in [9.17, 15) is 0 Å². The molecule has 1 aliphatic carbocycles. The Labute approximate surface area is 78.5 Å². The highest BCUT2D eigenvalue weighted by atomic mass is 14.9. The van der Waals surface area contributed by atoms with E-state index in [2.05, 4.69) is 41.7 Å². The van der Waals surface area contributed by atoms with Crippen molar-refractivity contribution in [2.45, 2.75) is 18.9 Å². The van der Waals surface area contributed by atoms with Crippen LogP contribution in [0.4, 0.5) is 5.69 Å². The van der Waals surface area contributed by atoms with Gasteiger partial charge < -0.3 is 5.32 Å². The molecule has 1 aromatic carbocycles. The summed E-state index contributed by atoms with van der Waals surface area (Å²) in [6.45, 7) is 0. The third-order valence-electron chi connectivity index (χ3n) is 2.90. The minimum Gasteiger partial charge on any atom is -0.378 e. The number of nitrogens with one attached hydrogen (secondary N) is 1. The maximum absolute atomic E-state index is 3.57. The molecule has 13 heavy (non-hydrogen) atoms. The van der Waals surface area contributed by atoms with Gasteiger partial charge >= 0.3 is 0 Å². The van der Waals surface area contributed by atoms with Gasteiger partial charge in [0.15, 0.2) is 0 Å². The fraction of sp³-hybridized carbons (Fsp3) is 0.333. The summed E-state index contributed by atoms with van der Waals surface area (Å²) in [5, 5.41) is 3.57. The Bertz CT molecular complexity index is 350. The minimum atomic E-state index is 0.592. The van der Waals surface area contributed by atoms with Gasteiger partial charge in [0.05, 0.1) is 0 Å². The third kappa shape index (κ3) is 1.24. The summed E-state index contributed by atoms with van der Waals surface area (Å²) in [4.78, 5) is 0. The maximum Gasteiger partial charge on any atom is 0.0476 e. The summed E-state index contributed by atoms with van der Waals surface area (Å²) in [5.41, 5.74) is 2.61. The fourth-order valence-electron chi connectivity index (χ4n) is 1.94. The highest BCUT2D eigenvalue weighted by molar-refractivity contribution is 5.70. The monoisotopic (exact) mass is 171 g/mol. The average Bonchev–Trinajstić information content (AvgIpc) is 3.00. The molecule has 0 spiro atoms. The molecule has 1 aliphatic heterocycles. The summed E-state index contributed by atoms with van der Waals surface area (Å²) in [6, 6.07) is 9.09. The molecule has 0 amide bonds. The molecule has 0 radical (unpaired) electrons. The Morgan fingerprint density at radius 1 is 1.15 bits per heavy atom. The first-order valence-corrected chi connectivity index (χ1v) is 4.97. The molecule has 1 aromatic rings. The Kier molecular flexibility index (Phi) is 1.45. The first-order chi connectivity index (χ1) is 6.43. The van der Waals surface area contributed by atoms with E-state index >= 15 is 0 Å². The molecule has 1 saturated carbocycles. The molecule has 0 bridgehead atoms. The number of fused-ring (bicyclic) bond motifs is 1. The molecule has 1 heteroatoms. The molecule has 1 nitrogen and oxygen atoms in total. The van der Waals surface area contributed by atoms with Crippen LogP contribution < -0.4 is 5.32 Å². The van der Waals surface area contributed by atoms with Crippen molar-refractivity contribution in [3.05, 3.63) is 35.9 Å². The fourth-order valence-corrected chi connectivity index (χ4v) is 1.94. The van der Waals surface area contributed by atoms with E-state index in [1.165, 1.54) is 24.1 Å². The van der Waals surface area contributed by atoms with Gasteiger partial charge in [-0.2, -0.15) is 0 Å². The lowest BCUT2D eigenvalue weighted by Gasteiger charge is -2.21. The van der Waals surface area contributed by atoms with Crippen LogP contribution in [-0.4, -0.2) is 6.04 Å². The smallest absolute Gasteiger partial charge is 0.0476 e. The van der Waals surface area contributed by atoms with Crippen LogP contribution in [0.15, 0.2) is 30.3 Å². The molecule has 1 N–H and O–H groups in total. The molecular formula is C12H13N. The molecule has 3 rings (SSSR count). The van der Waals surface area contributed by atoms with Gasteiger partial charge in [-0.3, -0.25) is 0 Å². The number of para-hydroxylation sites is 1. The van der Waals surface area contributed by atoms with Gasteiger partial charge in [0.25, 0.3) is 0 Å². The van der Waals surface area contributed by atoms with Crippen LogP contribution in [0.2, 0.25) is 0 Å². The van der Waals surface area contributed by atoms with E-state index in [0.29, 0.717) is 6.04 Å². The van der Waals surface area contributed by atoms with Gasteiger partial charge in [-0.05, 0) is 30.4 Å². The molecule has 2 aliphatic rings. The normalized spacial score (nSPS) is 25.1. The third-order valence-corrected chi connectivity index (χ3v) is 2.90. The van der Waals surface area contributed by atoms with E-state index in [0.717, 1.165) is 5.92 Å². The first kappa shape index (κ1) is 7.19. The summed E-state index contributed by atoms with van der Waals surface area (Å²) < 4.78 is 0. The van der Waals surface area contributed by atoms with Crippen LogP contribution in [0.5, 0.6) is 0 Å². The van der Waals surface area contributed by atoms with Crippen LogP contribution in [0, 0.1) is 5.92 Å². The highest BCUT2D eigenvalue weighted by Crippen LogP contribution is 2.37. The summed E-state index contributed by atoms with van der Waals surface area (Å²) in [6.07, 6.45) is 7.34. The van der Waals surface area contributed by atoms with Crippen LogP contribution in [-0.2, 0) is 0 Å². The van der Waals surface area contributed by atoms with E-state index in [4.69, 9.17) is 0 Å². The van der Waals surface area contributed by atoms with Crippen LogP contribution in [0.25, 0.3) is 6.08 Å². The molecule has 1 heterocycles. The zero-order valence-corrected chi connectivity index (χ0v) is 7.53. The molecule has 1 fully saturated rings. The van der Waals surface area contributed by atoms with Crippen molar-refractivity contribution >= 4 is 11.8 Å². The van der Waals surface area contributed by atoms with Crippen molar-refractivity contribution in [1.82, 2.24) is 0 Å². The number of rotatable bonds is 1. The Morgan fingerprint density at radius 2 is 2.00 bits per heavy atom. The number of hydrogen-bond acceptors (Lipinski definition) is 1. The lowest BCUT2D eigenvalue weighted by molar-refractivity contribution is 0.754. The number of benzene rings is 1. The van der Waals surface area contributed by atoms with Gasteiger partial charge in [0.2, 0.25) is 0 Å². The van der Waals surface area contributed by atoms with Gasteiger partial charge in [-0.1, -0.05) is 30.4 Å². The van der Waals surface area contributed by atoms with Crippen LogP contribution in [0.3, 0.4) is 0 Å². The zero-order chi connectivity index (χ0) is 8.67. The predicted molar refractivity (Wildman–Crippen MR) is 55.6 cm³/mol. The predicted octanol–water partition coefficient (Wildman–Crippen LogP) is 2.90. The largest absolute Gasteiger partial charge is 0.378 e. The van der Waals surface area contributed by atoms with Gasteiger partial charge in [-0.15, -0.1) is 0 Å². The summed E-state index contributed by atoms with van der Waals surface area (Å²) in [7, 11) is 0. The molecular weight excluding hydrogens is 158 g/mol. The van der Waals surface area contributed by atoms with Crippen LogP contribution >= 0.6 is 0 Å². The van der Waals surface area contributed by atoms with Crippen molar-refractivity contribution in [3.8, 4) is 0 Å². The molecule has 0 saturated heterocycles. The van der Waals surface area contributed by atoms with E-state index in [1.807, 2.05) is 0 Å². The lowest BCUT2D eigenvalue weighted by atomic mass is 10.0. The van der Waals surface area contributed by atoms with E-state index in [1.54, 1.807) is 0 Å². The quantitative estimate of drug-likeness (QED) is 0.685. The molecule has 1 unspecified atom stereocenters. The number of anilines is 1. The average molecular weight is 171 g/mol. The van der Waals surface area contributed by atoms with E-state index < -0.39 is 0 Å². The van der Waals surface area contributed by atoms with Crippen molar-refractivity contribution in [1.29, 1.82) is 0 Å². The number of hydrogen-bond donors (Lipinski definition) is 1. The highest BCUT2D eigenvalue weighted by Gasteiger charge is 2.30. The summed E-state index contributed by atoms with van der Waals surface area (Å²) >= 11 is 0. The molecule has 66 valence electrons. The Hall–Kier alpha value is -1.24. The molecule has 1 atom stereocenters. The topological polar surface area (TPSA) is 12.0 Å². The van der Waals surface area contributed by atoms with E-state index in [-0.39, 0.29) is 0 Å². The summed E-state index contributed by atoms with van der Waals surface area (Å²) in [5.74, 6) is 0.893. The van der Waals surface area contributed by atoms with Crippen molar-refractivity contribution in [3.63, 3.8) is 0 Å². The van der Waals surface area contributed by atoms with Crippen molar-refractivity contribution < 1.29 is 0 Å². The van der Waals surface area contributed by atoms with Gasteiger partial charge in [-0.25, -0.2) is 0 Å². The van der Waals surface area contributed by atoms with Crippen molar-refractivity contribution in [2.24, 2.45) is 5.92 Å². The zero-order valence-electron chi connectivity index (χ0n) is 7.53. The minimum absolute atomic E-state index is 0.592. The second kappa shape index (κ2) is 2.63. The van der Waals surface area contributed by atoms with Crippen molar-refractivity contribution in [2.75, 3.05) is 5.32 Å². The first-order valence-electron chi connectivity index (χ1n) is 4.97. The second-order valence-electron chi connectivity index (χ2n) is 3.95. The SMILES string of the molecule is C1=CC(C2CC2)Nc2ccccc21. The lowest BCUT2D eigenvalue weighted by Crippen LogP contribution is -2.21. The van der Waals surface area contributed by atoms with Gasteiger partial charge in [0.1, 0.15) is 0 Å². The standard InChI is InChI=1S/C12H13N/c1-2-4-11-9(3-1)7-8-12(13-11)10-5-6-10/h1-4,7-8,10,12-13H,5-6H2. The molecule has 0 aromatic heterocycles. The second-order valence-corrected chi connectivity index (χ2v) is 3.95.